The van der Waals surface area contributed by atoms with Crippen LogP contribution in [0.25, 0.3) is 11.8 Å². The minimum absolute atomic E-state index is 0.0501. The highest BCUT2D eigenvalue weighted by Gasteiger charge is 2.23. The number of benzene rings is 1. The number of carbonyl (C=O) groups excluding carboxylic acids is 1. The van der Waals surface area contributed by atoms with E-state index >= 15 is 0 Å². The van der Waals surface area contributed by atoms with Crippen LogP contribution in [0.2, 0.25) is 0 Å². The Morgan fingerprint density at radius 2 is 1.98 bits per heavy atom. The number of alkyl halides is 1. The minimum Gasteiger partial charge on any atom is -0.495 e. The molecule has 2 aliphatic carbocycles. The lowest BCUT2D eigenvalue weighted by Gasteiger charge is -2.34. The first kappa shape index (κ1) is 30.9. The quantitative estimate of drug-likeness (QED) is 0.333. The van der Waals surface area contributed by atoms with Gasteiger partial charge in [0.2, 0.25) is 0 Å². The van der Waals surface area contributed by atoms with Crippen LogP contribution in [-0.2, 0) is 6.54 Å². The molecule has 7 nitrogen and oxygen atoms in total. The Kier molecular flexibility index (Phi) is 10.8. The summed E-state index contributed by atoms with van der Waals surface area (Å²) in [7, 11) is 9.97. The topological polar surface area (TPSA) is 61.8 Å². The molecule has 1 fully saturated rings. The van der Waals surface area contributed by atoms with Crippen LogP contribution in [0.1, 0.15) is 61.5 Å². The molecule has 4 rings (SSSR count). The summed E-state index contributed by atoms with van der Waals surface area (Å²) in [5.74, 6) is 5.97. The zero-order chi connectivity index (χ0) is 29.5. The van der Waals surface area contributed by atoms with Crippen molar-refractivity contribution in [1.29, 1.82) is 0 Å². The number of nitrogens with one attached hydrogen (secondary N) is 2. The lowest BCUT2D eigenvalue weighted by atomic mass is 9.90. The van der Waals surface area contributed by atoms with Gasteiger partial charge in [0.15, 0.2) is 0 Å². The minimum atomic E-state index is -1.06. The summed E-state index contributed by atoms with van der Waals surface area (Å²) >= 11 is 0. The average molecular weight is 582 g/mol. The molecule has 1 heterocycles. The van der Waals surface area contributed by atoms with Gasteiger partial charge in [-0.1, -0.05) is 21.2 Å². The molecule has 0 saturated heterocycles. The predicted octanol–water partition coefficient (Wildman–Crippen LogP) is 3.37. The smallest absolute Gasteiger partial charge is 0.253 e. The molecule has 1 aromatic heterocycles. The second-order valence-corrected chi connectivity index (χ2v) is 11.9. The number of hydrogen-bond acceptors (Lipinski definition) is 5. The summed E-state index contributed by atoms with van der Waals surface area (Å²) < 4.78 is 21.8. The predicted molar refractivity (Wildman–Crippen MR) is 169 cm³/mol. The van der Waals surface area contributed by atoms with E-state index in [2.05, 4.69) is 62.9 Å². The Morgan fingerprint density at radius 1 is 1.22 bits per heavy atom. The highest BCUT2D eigenvalue weighted by atomic mass is 31.0. The molecule has 0 aliphatic heterocycles. The Balaban J connectivity index is 1.53. The zero-order valence-corrected chi connectivity index (χ0v) is 26.3. The van der Waals surface area contributed by atoms with Gasteiger partial charge in [-0.25, -0.2) is 4.39 Å². The van der Waals surface area contributed by atoms with E-state index < -0.39 is 5.91 Å². The molecule has 2 aliphatic rings. The van der Waals surface area contributed by atoms with Gasteiger partial charge in [0.25, 0.3) is 5.91 Å². The SMILES string of the molecule is CCN(C)C(=O)c1ccc(NCC#Cc2cc3c(n2CC(F)P)=CCCC=3NC2CCC(N(C)C)CC2)c(OC)c1. The number of fused-ring (bicyclic) bond motifs is 1. The van der Waals surface area contributed by atoms with E-state index in [-0.39, 0.29) is 12.5 Å². The van der Waals surface area contributed by atoms with Gasteiger partial charge in [-0.15, -0.1) is 0 Å². The molecule has 41 heavy (non-hydrogen) atoms. The first-order valence-electron chi connectivity index (χ1n) is 14.6. The fraction of sp³-hybridized carbons (Fsp3) is 0.531. The maximum atomic E-state index is 14.2. The number of halogens is 1. The highest BCUT2D eigenvalue weighted by Crippen LogP contribution is 2.26. The fourth-order valence-electron chi connectivity index (χ4n) is 5.73. The summed E-state index contributed by atoms with van der Waals surface area (Å²) in [6.07, 6.45) is 8.85. The fourth-order valence-corrected chi connectivity index (χ4v) is 5.94. The van der Waals surface area contributed by atoms with Crippen LogP contribution in [-0.4, -0.2) is 79.6 Å². The van der Waals surface area contributed by atoms with Gasteiger partial charge < -0.3 is 29.7 Å². The Morgan fingerprint density at radius 3 is 2.63 bits per heavy atom. The molecule has 0 bridgehead atoms. The third-order valence-electron chi connectivity index (χ3n) is 8.21. The molecule has 9 heteroatoms. The molecule has 2 atom stereocenters. The monoisotopic (exact) mass is 581 g/mol. The normalized spacial score (nSPS) is 19.0. The molecular weight excluding hydrogens is 536 g/mol. The first-order chi connectivity index (χ1) is 19.7. The molecule has 1 amide bonds. The zero-order valence-electron chi connectivity index (χ0n) is 25.1. The molecule has 2 unspecified atom stereocenters. The lowest BCUT2D eigenvalue weighted by Crippen LogP contribution is -2.43. The van der Waals surface area contributed by atoms with Crippen molar-refractivity contribution in [2.45, 2.75) is 70.0 Å². The van der Waals surface area contributed by atoms with E-state index in [0.717, 1.165) is 47.6 Å². The van der Waals surface area contributed by atoms with Crippen LogP contribution in [0.5, 0.6) is 5.75 Å². The summed E-state index contributed by atoms with van der Waals surface area (Å²) in [4.78, 5) is 16.5. The standard InChI is InChI=1S/C32H45FN5O2P/c1-6-37(4)32(39)22-12-17-28(30(19-22)40-5)34-18-8-9-25-20-26-27(10-7-11-29(26)38(25)21-31(33)41)35-23-13-15-24(16-14-23)36(2)3/h11-12,17,19-20,23-24,31,34-35H,6-7,10,13-16,18,21,41H2,1-5H3. The van der Waals surface area contributed by atoms with Crippen LogP contribution >= 0.6 is 9.24 Å². The van der Waals surface area contributed by atoms with Crippen molar-refractivity contribution in [3.8, 4) is 17.6 Å². The summed E-state index contributed by atoms with van der Waals surface area (Å²) in [5.41, 5.74) is 3.40. The van der Waals surface area contributed by atoms with Crippen LogP contribution in [0.3, 0.4) is 0 Å². The number of nitrogens with zero attached hydrogens (tertiary/aromatic N) is 3. The highest BCUT2D eigenvalue weighted by molar-refractivity contribution is 7.17. The Hall–Kier alpha value is -3.01. The summed E-state index contributed by atoms with van der Waals surface area (Å²) in [6.45, 7) is 3.19. The van der Waals surface area contributed by atoms with Crippen molar-refractivity contribution < 1.29 is 13.9 Å². The van der Waals surface area contributed by atoms with Gasteiger partial charge in [0.05, 0.1) is 31.6 Å². The maximum Gasteiger partial charge on any atom is 0.253 e. The third-order valence-corrected chi connectivity index (χ3v) is 8.42. The number of ether oxygens (including phenoxy) is 1. The van der Waals surface area contributed by atoms with E-state index in [1.165, 1.54) is 18.5 Å². The number of aromatic nitrogens is 1. The molecule has 1 aromatic carbocycles. The largest absolute Gasteiger partial charge is 0.495 e. The van der Waals surface area contributed by atoms with Crippen LogP contribution in [0, 0.1) is 11.8 Å². The van der Waals surface area contributed by atoms with Crippen molar-refractivity contribution in [2.75, 3.05) is 46.7 Å². The van der Waals surface area contributed by atoms with Crippen LogP contribution in [0.15, 0.2) is 24.3 Å². The Labute approximate surface area is 246 Å². The third kappa shape index (κ3) is 7.64. The van der Waals surface area contributed by atoms with Gasteiger partial charge in [-0.2, -0.15) is 0 Å². The second-order valence-electron chi connectivity index (χ2n) is 11.2. The lowest BCUT2D eigenvalue weighted by molar-refractivity contribution is 0.0802. The van der Waals surface area contributed by atoms with Crippen LogP contribution < -0.4 is 25.9 Å². The van der Waals surface area contributed by atoms with E-state index in [0.29, 0.717) is 36.5 Å². The van der Waals surface area contributed by atoms with Crippen molar-refractivity contribution in [2.24, 2.45) is 0 Å². The number of methoxy groups -OCH3 is 1. The van der Waals surface area contributed by atoms with Crippen molar-refractivity contribution in [3.63, 3.8) is 0 Å². The molecule has 0 radical (unpaired) electrons. The summed E-state index contributed by atoms with van der Waals surface area (Å²) in [6, 6.07) is 8.63. The van der Waals surface area contributed by atoms with E-state index in [1.807, 2.05) is 17.6 Å². The number of anilines is 1. The molecule has 1 saturated carbocycles. The molecular formula is C32H45FN5O2P. The van der Waals surface area contributed by atoms with Gasteiger partial charge in [0.1, 0.15) is 11.7 Å². The molecule has 2 N–H and O–H groups in total. The van der Waals surface area contributed by atoms with Gasteiger partial charge in [-0.3, -0.25) is 4.79 Å². The molecule has 2 aromatic rings. The number of amides is 1. The van der Waals surface area contributed by atoms with Crippen LogP contribution in [0.4, 0.5) is 10.1 Å². The van der Waals surface area contributed by atoms with E-state index in [1.54, 1.807) is 31.2 Å². The van der Waals surface area contributed by atoms with Crippen molar-refractivity contribution >= 4 is 32.6 Å². The van der Waals surface area contributed by atoms with E-state index in [9.17, 15) is 9.18 Å². The first-order valence-corrected chi connectivity index (χ1v) is 15.3. The second kappa shape index (κ2) is 14.2. The van der Waals surface area contributed by atoms with Crippen molar-refractivity contribution in [3.05, 3.63) is 46.1 Å². The molecule has 0 spiro atoms. The number of carbonyl (C=O) groups is 1. The summed E-state index contributed by atoms with van der Waals surface area (Å²) in [5, 5.41) is 9.36. The molecule has 222 valence electrons. The van der Waals surface area contributed by atoms with Gasteiger partial charge in [0, 0.05) is 47.5 Å². The Bertz CT molecular complexity index is 1400. The number of rotatable bonds is 10. The van der Waals surface area contributed by atoms with E-state index in [4.69, 9.17) is 4.74 Å². The van der Waals surface area contributed by atoms with Crippen molar-refractivity contribution in [1.82, 2.24) is 19.7 Å². The average Bonchev–Trinajstić information content (AvgIpc) is 3.32. The van der Waals surface area contributed by atoms with Gasteiger partial charge in [-0.05, 0) is 89.7 Å². The van der Waals surface area contributed by atoms with Gasteiger partial charge >= 0.3 is 0 Å². The number of hydrogen-bond donors (Lipinski definition) is 2. The maximum absolute atomic E-state index is 14.2.